The molecule has 1 aliphatic heterocycles. The third-order valence-corrected chi connectivity index (χ3v) is 7.85. The van der Waals surface area contributed by atoms with Gasteiger partial charge in [0.1, 0.15) is 34.4 Å². The number of piperidine rings is 1. The molecule has 2 amide bonds. The summed E-state index contributed by atoms with van der Waals surface area (Å²) in [7, 11) is 1.57. The number of anilines is 2. The van der Waals surface area contributed by atoms with E-state index in [4.69, 9.17) is 15.5 Å². The van der Waals surface area contributed by atoms with Crippen molar-refractivity contribution < 1.29 is 14.3 Å². The number of likely N-dealkylation sites (tertiary alicyclic amines) is 1. The Bertz CT molecular complexity index is 1590. The zero-order chi connectivity index (χ0) is 27.8. The van der Waals surface area contributed by atoms with E-state index in [0.29, 0.717) is 58.6 Å². The first kappa shape index (κ1) is 25.8. The van der Waals surface area contributed by atoms with E-state index in [1.54, 1.807) is 31.6 Å². The summed E-state index contributed by atoms with van der Waals surface area (Å²) >= 11 is 0. The zero-order valence-corrected chi connectivity index (χ0v) is 22.8. The standard InChI is InChI=1S/C30H33N7O3/c1-3-25(38)36-13-4-5-21(17-36)29-35-26(27-28(31)33-12-14-37(27)29)22-9-8-20(15-23(22)40-2)30(39)34-24-16-19(10-11-32-24)18-6-7-18/h8-12,14-16,18,21H,3-7,13,17H2,1-2H3,(H2,31,33)(H,32,34,39). The number of imidazole rings is 1. The number of carbonyl (C=O) groups excluding carboxylic acids is 2. The van der Waals surface area contributed by atoms with Crippen LogP contribution in [0.15, 0.2) is 48.9 Å². The van der Waals surface area contributed by atoms with Crippen molar-refractivity contribution in [3.8, 4) is 17.0 Å². The Balaban J connectivity index is 1.34. The molecule has 1 unspecified atom stereocenters. The number of hydrogen-bond acceptors (Lipinski definition) is 7. The maximum Gasteiger partial charge on any atom is 0.256 e. The summed E-state index contributed by atoms with van der Waals surface area (Å²) in [4.78, 5) is 41.2. The predicted octanol–water partition coefficient (Wildman–Crippen LogP) is 4.63. The average molecular weight is 540 g/mol. The lowest BCUT2D eigenvalue weighted by Gasteiger charge is -2.32. The molecule has 10 heteroatoms. The molecule has 1 aliphatic carbocycles. The van der Waals surface area contributed by atoms with E-state index in [9.17, 15) is 9.59 Å². The second-order valence-corrected chi connectivity index (χ2v) is 10.5. The van der Waals surface area contributed by atoms with Gasteiger partial charge in [0.2, 0.25) is 5.91 Å². The number of nitrogen functional groups attached to an aromatic ring is 1. The lowest BCUT2D eigenvalue weighted by atomic mass is 9.97. The first-order valence-corrected chi connectivity index (χ1v) is 13.8. The highest BCUT2D eigenvalue weighted by atomic mass is 16.5. The van der Waals surface area contributed by atoms with Gasteiger partial charge >= 0.3 is 0 Å². The maximum atomic E-state index is 13.1. The van der Waals surface area contributed by atoms with Crippen molar-refractivity contribution in [3.63, 3.8) is 0 Å². The Morgan fingerprint density at radius 1 is 1.10 bits per heavy atom. The van der Waals surface area contributed by atoms with Gasteiger partial charge in [0.25, 0.3) is 5.91 Å². The van der Waals surface area contributed by atoms with E-state index in [0.717, 1.165) is 25.2 Å². The molecule has 4 aromatic rings. The molecular weight excluding hydrogens is 506 g/mol. The Labute approximate surface area is 232 Å². The molecular formula is C30H33N7O3. The number of nitrogens with zero attached hydrogens (tertiary/aromatic N) is 5. The Hall–Kier alpha value is -4.47. The summed E-state index contributed by atoms with van der Waals surface area (Å²) in [5, 5.41) is 2.91. The van der Waals surface area contributed by atoms with E-state index in [-0.39, 0.29) is 17.7 Å². The van der Waals surface area contributed by atoms with Crippen LogP contribution < -0.4 is 15.8 Å². The molecule has 0 bridgehead atoms. The minimum absolute atomic E-state index is 0.0576. The van der Waals surface area contributed by atoms with Crippen LogP contribution in [0.5, 0.6) is 5.75 Å². The molecule has 6 rings (SSSR count). The van der Waals surface area contributed by atoms with Crippen molar-refractivity contribution in [2.24, 2.45) is 0 Å². The van der Waals surface area contributed by atoms with E-state index < -0.39 is 0 Å². The fourth-order valence-corrected chi connectivity index (χ4v) is 5.60. The second kappa shape index (κ2) is 10.6. The maximum absolute atomic E-state index is 13.1. The molecule has 206 valence electrons. The number of rotatable bonds is 7. The summed E-state index contributed by atoms with van der Waals surface area (Å²) in [5.41, 5.74) is 10.0. The van der Waals surface area contributed by atoms with Gasteiger partial charge in [0, 0.05) is 55.1 Å². The molecule has 40 heavy (non-hydrogen) atoms. The van der Waals surface area contributed by atoms with Crippen LogP contribution in [-0.2, 0) is 4.79 Å². The van der Waals surface area contributed by atoms with Gasteiger partial charge in [-0.05, 0) is 67.5 Å². The molecule has 1 atom stereocenters. The van der Waals surface area contributed by atoms with Crippen LogP contribution in [0.4, 0.5) is 11.6 Å². The lowest BCUT2D eigenvalue weighted by Crippen LogP contribution is -2.39. The van der Waals surface area contributed by atoms with Crippen LogP contribution in [0.2, 0.25) is 0 Å². The molecule has 0 radical (unpaired) electrons. The Morgan fingerprint density at radius 3 is 2.73 bits per heavy atom. The number of amides is 2. The summed E-state index contributed by atoms with van der Waals surface area (Å²) in [6.45, 7) is 3.26. The van der Waals surface area contributed by atoms with Gasteiger partial charge in [-0.1, -0.05) is 6.92 Å². The van der Waals surface area contributed by atoms with Gasteiger partial charge in [-0.25, -0.2) is 15.0 Å². The number of pyridine rings is 1. The smallest absolute Gasteiger partial charge is 0.256 e. The van der Waals surface area contributed by atoms with Crippen LogP contribution in [0.3, 0.4) is 0 Å². The second-order valence-electron chi connectivity index (χ2n) is 10.5. The van der Waals surface area contributed by atoms with Gasteiger partial charge in [0.15, 0.2) is 0 Å². The first-order valence-electron chi connectivity index (χ1n) is 13.8. The van der Waals surface area contributed by atoms with Gasteiger partial charge in [-0.15, -0.1) is 0 Å². The molecule has 1 saturated heterocycles. The highest BCUT2D eigenvalue weighted by Crippen LogP contribution is 2.41. The van der Waals surface area contributed by atoms with E-state index in [1.165, 1.54) is 18.4 Å². The largest absolute Gasteiger partial charge is 0.496 e. The Morgan fingerprint density at radius 2 is 1.95 bits per heavy atom. The number of nitrogens with one attached hydrogen (secondary N) is 1. The number of methoxy groups -OCH3 is 1. The minimum atomic E-state index is -0.273. The monoisotopic (exact) mass is 539 g/mol. The van der Waals surface area contributed by atoms with Crippen molar-refractivity contribution in [1.82, 2.24) is 24.3 Å². The number of nitrogens with two attached hydrogens (primary N) is 1. The van der Waals surface area contributed by atoms with Gasteiger partial charge in [-0.3, -0.25) is 14.0 Å². The quantitative estimate of drug-likeness (QED) is 0.350. The van der Waals surface area contributed by atoms with Gasteiger partial charge < -0.3 is 20.7 Å². The molecule has 1 aromatic carbocycles. The Kier molecular flexibility index (Phi) is 6.83. The molecule has 0 spiro atoms. The normalized spacial score (nSPS) is 17.1. The van der Waals surface area contributed by atoms with Crippen LogP contribution in [0, 0.1) is 0 Å². The molecule has 1 saturated carbocycles. The first-order chi connectivity index (χ1) is 19.5. The third kappa shape index (κ3) is 4.85. The zero-order valence-electron chi connectivity index (χ0n) is 22.8. The molecule has 10 nitrogen and oxygen atoms in total. The molecule has 2 aliphatic rings. The molecule has 2 fully saturated rings. The van der Waals surface area contributed by atoms with Crippen molar-refractivity contribution in [2.45, 2.75) is 50.9 Å². The van der Waals surface area contributed by atoms with E-state index in [1.807, 2.05) is 40.6 Å². The summed E-state index contributed by atoms with van der Waals surface area (Å²) in [6.07, 6.45) is 9.91. The highest BCUT2D eigenvalue weighted by Gasteiger charge is 2.30. The molecule has 3 N–H and O–H groups in total. The van der Waals surface area contributed by atoms with Crippen molar-refractivity contribution in [1.29, 1.82) is 0 Å². The van der Waals surface area contributed by atoms with E-state index >= 15 is 0 Å². The third-order valence-electron chi connectivity index (χ3n) is 7.85. The SMILES string of the molecule is CCC(=O)N1CCCC(c2nc(-c3ccc(C(=O)Nc4cc(C5CC5)ccn4)cc3OC)c3c(N)nccn23)C1. The summed E-state index contributed by atoms with van der Waals surface area (Å²) in [5.74, 6) is 2.71. The van der Waals surface area contributed by atoms with Crippen molar-refractivity contribution in [2.75, 3.05) is 31.2 Å². The fourth-order valence-electron chi connectivity index (χ4n) is 5.60. The number of fused-ring (bicyclic) bond motifs is 1. The number of benzene rings is 1. The number of ether oxygens (including phenoxy) is 1. The molecule has 3 aromatic heterocycles. The topological polar surface area (TPSA) is 128 Å². The van der Waals surface area contributed by atoms with E-state index in [2.05, 4.69) is 15.3 Å². The number of aromatic nitrogens is 4. The van der Waals surface area contributed by atoms with Crippen LogP contribution >= 0.6 is 0 Å². The number of carbonyl (C=O) groups is 2. The average Bonchev–Trinajstić information content (AvgIpc) is 3.77. The minimum Gasteiger partial charge on any atom is -0.496 e. The van der Waals surface area contributed by atoms with Crippen molar-refractivity contribution in [3.05, 3.63) is 65.9 Å². The summed E-state index contributed by atoms with van der Waals surface area (Å²) in [6, 6.07) is 9.22. The lowest BCUT2D eigenvalue weighted by molar-refractivity contribution is -0.132. The number of hydrogen-bond donors (Lipinski definition) is 2. The van der Waals surface area contributed by atoms with Crippen LogP contribution in [0.1, 0.15) is 72.6 Å². The van der Waals surface area contributed by atoms with Gasteiger partial charge in [-0.2, -0.15) is 0 Å². The van der Waals surface area contributed by atoms with Crippen molar-refractivity contribution >= 4 is 29.0 Å². The van der Waals surface area contributed by atoms with Crippen LogP contribution in [-0.4, -0.2) is 56.3 Å². The fraction of sp³-hybridized carbons (Fsp3) is 0.367. The van der Waals surface area contributed by atoms with Crippen LogP contribution in [0.25, 0.3) is 16.8 Å². The predicted molar refractivity (Wildman–Crippen MR) is 152 cm³/mol. The highest BCUT2D eigenvalue weighted by molar-refractivity contribution is 6.04. The molecule has 4 heterocycles. The summed E-state index contributed by atoms with van der Waals surface area (Å²) < 4.78 is 7.72. The van der Waals surface area contributed by atoms with Gasteiger partial charge in [0.05, 0.1) is 7.11 Å².